The lowest BCUT2D eigenvalue weighted by Gasteiger charge is -2.17. The molecule has 0 bridgehead atoms. The lowest BCUT2D eigenvalue weighted by molar-refractivity contribution is -0.122. The minimum atomic E-state index is -0.0665. The Balaban J connectivity index is 2.13. The first-order valence-corrected chi connectivity index (χ1v) is 10.2. The van der Waals surface area contributed by atoms with Crippen LogP contribution < -0.4 is 5.32 Å². The summed E-state index contributed by atoms with van der Waals surface area (Å²) < 4.78 is 5.86. The SMILES string of the molecule is CCCCCCCCCCC(CCC)OCC(=O)Nc1ccccc1. The van der Waals surface area contributed by atoms with Crippen LogP contribution in [0.4, 0.5) is 5.69 Å². The standard InChI is InChI=1S/C22H37NO2/c1-3-5-6-7-8-9-10-14-18-21(15-4-2)25-19-22(24)23-20-16-12-11-13-17-20/h11-13,16-17,21H,3-10,14-15,18-19H2,1-2H3,(H,23,24). The quantitative estimate of drug-likeness (QED) is 0.376. The highest BCUT2D eigenvalue weighted by molar-refractivity contribution is 5.91. The van der Waals surface area contributed by atoms with E-state index in [1.807, 2.05) is 30.3 Å². The van der Waals surface area contributed by atoms with Gasteiger partial charge in [-0.05, 0) is 25.0 Å². The van der Waals surface area contributed by atoms with Crippen molar-refractivity contribution in [1.82, 2.24) is 0 Å². The molecule has 0 spiro atoms. The number of anilines is 1. The summed E-state index contributed by atoms with van der Waals surface area (Å²) in [6.07, 6.45) is 14.0. The van der Waals surface area contributed by atoms with Crippen LogP contribution in [0.15, 0.2) is 30.3 Å². The summed E-state index contributed by atoms with van der Waals surface area (Å²) in [6.45, 7) is 4.58. The summed E-state index contributed by atoms with van der Waals surface area (Å²) in [5.41, 5.74) is 0.825. The van der Waals surface area contributed by atoms with Crippen LogP contribution in [0, 0.1) is 0 Å². The second-order valence-corrected chi connectivity index (χ2v) is 6.90. The molecule has 25 heavy (non-hydrogen) atoms. The van der Waals surface area contributed by atoms with Crippen LogP contribution in [0.5, 0.6) is 0 Å². The number of carbonyl (C=O) groups excluding carboxylic acids is 1. The average Bonchev–Trinajstić information content (AvgIpc) is 2.62. The molecule has 1 amide bonds. The van der Waals surface area contributed by atoms with E-state index in [9.17, 15) is 4.79 Å². The summed E-state index contributed by atoms with van der Waals surface area (Å²) in [5, 5.41) is 2.88. The zero-order valence-electron chi connectivity index (χ0n) is 16.3. The van der Waals surface area contributed by atoms with Crippen molar-refractivity contribution in [1.29, 1.82) is 0 Å². The van der Waals surface area contributed by atoms with Gasteiger partial charge in [-0.15, -0.1) is 0 Å². The molecule has 1 rings (SSSR count). The lowest BCUT2D eigenvalue weighted by atomic mass is 10.0. The first-order chi connectivity index (χ1) is 12.3. The molecule has 0 heterocycles. The maximum absolute atomic E-state index is 12.0. The molecule has 142 valence electrons. The van der Waals surface area contributed by atoms with Crippen LogP contribution in [0.25, 0.3) is 0 Å². The third-order valence-electron chi connectivity index (χ3n) is 4.50. The maximum Gasteiger partial charge on any atom is 0.250 e. The zero-order chi connectivity index (χ0) is 18.2. The van der Waals surface area contributed by atoms with Gasteiger partial charge in [-0.1, -0.05) is 89.8 Å². The van der Waals surface area contributed by atoms with E-state index < -0.39 is 0 Å². The monoisotopic (exact) mass is 347 g/mol. The highest BCUT2D eigenvalue weighted by atomic mass is 16.5. The fourth-order valence-electron chi connectivity index (χ4n) is 3.05. The molecule has 0 aliphatic carbocycles. The predicted octanol–water partition coefficient (Wildman–Crippen LogP) is 6.34. The molecule has 1 unspecified atom stereocenters. The predicted molar refractivity (Wildman–Crippen MR) is 107 cm³/mol. The number of rotatable bonds is 15. The fraction of sp³-hybridized carbons (Fsp3) is 0.682. The average molecular weight is 348 g/mol. The van der Waals surface area contributed by atoms with Crippen molar-refractivity contribution in [2.24, 2.45) is 0 Å². The molecule has 3 heteroatoms. The van der Waals surface area contributed by atoms with Crippen LogP contribution >= 0.6 is 0 Å². The Hall–Kier alpha value is -1.35. The maximum atomic E-state index is 12.0. The molecule has 1 atom stereocenters. The van der Waals surface area contributed by atoms with Gasteiger partial charge in [0, 0.05) is 5.69 Å². The van der Waals surface area contributed by atoms with Gasteiger partial charge < -0.3 is 10.1 Å². The van der Waals surface area contributed by atoms with E-state index in [0.29, 0.717) is 0 Å². The van der Waals surface area contributed by atoms with Crippen molar-refractivity contribution in [2.45, 2.75) is 90.6 Å². The normalized spacial score (nSPS) is 12.1. The van der Waals surface area contributed by atoms with E-state index in [1.54, 1.807) is 0 Å². The molecular formula is C22H37NO2. The number of benzene rings is 1. The topological polar surface area (TPSA) is 38.3 Å². The summed E-state index contributed by atoms with van der Waals surface area (Å²) in [6, 6.07) is 9.55. The van der Waals surface area contributed by atoms with Gasteiger partial charge >= 0.3 is 0 Å². The van der Waals surface area contributed by atoms with E-state index in [-0.39, 0.29) is 18.6 Å². The van der Waals surface area contributed by atoms with E-state index in [4.69, 9.17) is 4.74 Å². The molecule has 1 aromatic carbocycles. The van der Waals surface area contributed by atoms with Crippen molar-refractivity contribution in [2.75, 3.05) is 11.9 Å². The molecule has 1 N–H and O–H groups in total. The largest absolute Gasteiger partial charge is 0.368 e. The van der Waals surface area contributed by atoms with Gasteiger partial charge in [0.05, 0.1) is 6.10 Å². The Morgan fingerprint density at radius 2 is 1.52 bits per heavy atom. The van der Waals surface area contributed by atoms with E-state index >= 15 is 0 Å². The minimum absolute atomic E-state index is 0.0665. The van der Waals surface area contributed by atoms with Crippen LogP contribution in [0.1, 0.15) is 84.5 Å². The van der Waals surface area contributed by atoms with E-state index in [1.165, 1.54) is 51.4 Å². The Bertz CT molecular complexity index is 433. The van der Waals surface area contributed by atoms with Gasteiger partial charge in [-0.25, -0.2) is 0 Å². The number of nitrogens with one attached hydrogen (secondary N) is 1. The van der Waals surface area contributed by atoms with Gasteiger partial charge in [0.1, 0.15) is 6.61 Å². The van der Waals surface area contributed by atoms with Crippen molar-refractivity contribution in [3.8, 4) is 0 Å². The molecule has 0 aliphatic rings. The molecule has 0 saturated carbocycles. The Labute approximate surface area is 154 Å². The first kappa shape index (κ1) is 21.7. The minimum Gasteiger partial charge on any atom is -0.368 e. The van der Waals surface area contributed by atoms with Gasteiger partial charge in [-0.3, -0.25) is 4.79 Å². The number of amides is 1. The highest BCUT2D eigenvalue weighted by Crippen LogP contribution is 2.15. The van der Waals surface area contributed by atoms with Crippen LogP contribution in [-0.4, -0.2) is 18.6 Å². The number of hydrogen-bond donors (Lipinski definition) is 1. The number of hydrogen-bond acceptors (Lipinski definition) is 2. The third kappa shape index (κ3) is 11.8. The molecular weight excluding hydrogens is 310 g/mol. The molecule has 0 radical (unpaired) electrons. The van der Waals surface area contributed by atoms with Crippen molar-refractivity contribution >= 4 is 11.6 Å². The van der Waals surface area contributed by atoms with Crippen molar-refractivity contribution in [3.05, 3.63) is 30.3 Å². The molecule has 0 aliphatic heterocycles. The van der Waals surface area contributed by atoms with Crippen LogP contribution in [0.2, 0.25) is 0 Å². The second-order valence-electron chi connectivity index (χ2n) is 6.90. The van der Waals surface area contributed by atoms with Crippen LogP contribution in [-0.2, 0) is 9.53 Å². The van der Waals surface area contributed by atoms with E-state index in [0.717, 1.165) is 24.9 Å². The summed E-state index contributed by atoms with van der Waals surface area (Å²) in [7, 11) is 0. The molecule has 0 aromatic heterocycles. The third-order valence-corrected chi connectivity index (χ3v) is 4.50. The number of carbonyl (C=O) groups is 1. The number of para-hydroxylation sites is 1. The van der Waals surface area contributed by atoms with Crippen molar-refractivity contribution < 1.29 is 9.53 Å². The highest BCUT2D eigenvalue weighted by Gasteiger charge is 2.11. The fourth-order valence-corrected chi connectivity index (χ4v) is 3.05. The van der Waals surface area contributed by atoms with Crippen molar-refractivity contribution in [3.63, 3.8) is 0 Å². The second kappa shape index (κ2) is 14.9. The Morgan fingerprint density at radius 3 is 2.16 bits per heavy atom. The van der Waals surface area contributed by atoms with E-state index in [2.05, 4.69) is 19.2 Å². The van der Waals surface area contributed by atoms with Gasteiger partial charge in [0.25, 0.3) is 0 Å². The lowest BCUT2D eigenvalue weighted by Crippen LogP contribution is -2.23. The summed E-state index contributed by atoms with van der Waals surface area (Å²) in [4.78, 5) is 12.0. The van der Waals surface area contributed by atoms with Crippen LogP contribution in [0.3, 0.4) is 0 Å². The summed E-state index contributed by atoms with van der Waals surface area (Å²) >= 11 is 0. The Morgan fingerprint density at radius 1 is 0.880 bits per heavy atom. The Kier molecular flexibility index (Phi) is 13.0. The summed E-state index contributed by atoms with van der Waals surface area (Å²) in [5.74, 6) is -0.0665. The number of unbranched alkanes of at least 4 members (excludes halogenated alkanes) is 7. The zero-order valence-corrected chi connectivity index (χ0v) is 16.3. The smallest absolute Gasteiger partial charge is 0.250 e. The first-order valence-electron chi connectivity index (χ1n) is 10.2. The van der Waals surface area contributed by atoms with Gasteiger partial charge in [0.15, 0.2) is 0 Å². The molecule has 0 saturated heterocycles. The molecule has 0 fully saturated rings. The van der Waals surface area contributed by atoms with Gasteiger partial charge in [0.2, 0.25) is 5.91 Å². The van der Waals surface area contributed by atoms with Gasteiger partial charge in [-0.2, -0.15) is 0 Å². The molecule has 3 nitrogen and oxygen atoms in total. The molecule has 1 aromatic rings. The number of ether oxygens (including phenoxy) is 1.